The van der Waals surface area contributed by atoms with Crippen LogP contribution in [-0.2, 0) is 10.3 Å². The van der Waals surface area contributed by atoms with Gasteiger partial charge in [0.15, 0.2) is 0 Å². The molecule has 1 atom stereocenters. The lowest BCUT2D eigenvalue weighted by atomic mass is 9.89. The molecule has 1 aromatic rings. The molecule has 0 fully saturated rings. The van der Waals surface area contributed by atoms with Gasteiger partial charge in [-0.3, -0.25) is 4.99 Å². The Morgan fingerprint density at radius 3 is 2.87 bits per heavy atom. The molecule has 4 nitrogen and oxygen atoms in total. The molecule has 23 heavy (non-hydrogen) atoms. The summed E-state index contributed by atoms with van der Waals surface area (Å²) in [5.74, 6) is 0.611. The van der Waals surface area contributed by atoms with Crippen molar-refractivity contribution in [2.45, 2.75) is 44.8 Å². The lowest BCUT2D eigenvalue weighted by Crippen LogP contribution is -2.35. The molecule has 0 aliphatic carbocycles. The summed E-state index contributed by atoms with van der Waals surface area (Å²) in [4.78, 5) is 15.8. The van der Waals surface area contributed by atoms with Crippen molar-refractivity contribution in [3.63, 3.8) is 0 Å². The Balaban J connectivity index is 2.26. The largest absolute Gasteiger partial charge is 0.443 e. The molecule has 0 radical (unpaired) electrons. The van der Waals surface area contributed by atoms with Gasteiger partial charge in [-0.05, 0) is 60.8 Å². The second kappa shape index (κ2) is 6.81. The Bertz CT molecular complexity index is 651. The Hall–Kier alpha value is -1.08. The molecular weight excluding hydrogens is 383 g/mol. The highest BCUT2D eigenvalue weighted by atomic mass is 79.9. The second-order valence-corrected chi connectivity index (χ2v) is 8.39. The number of ether oxygens (including phenoxy) is 1. The molecule has 1 aliphatic heterocycles. The fourth-order valence-electron chi connectivity index (χ4n) is 2.53. The van der Waals surface area contributed by atoms with E-state index < -0.39 is 17.2 Å². The first-order chi connectivity index (χ1) is 10.6. The first-order valence-corrected chi connectivity index (χ1v) is 9.05. The average molecular weight is 403 g/mol. The summed E-state index contributed by atoms with van der Waals surface area (Å²) in [6.45, 7) is 5.65. The molecule has 0 aromatic heterocycles. The average Bonchev–Trinajstić information content (AvgIpc) is 2.39. The summed E-state index contributed by atoms with van der Waals surface area (Å²) in [6, 6.07) is 4.99. The number of primary amides is 1. The van der Waals surface area contributed by atoms with Crippen LogP contribution in [0.4, 0.5) is 9.18 Å². The van der Waals surface area contributed by atoms with Crippen LogP contribution >= 0.6 is 27.7 Å². The normalized spacial score (nSPS) is 21.7. The van der Waals surface area contributed by atoms with Crippen molar-refractivity contribution >= 4 is 38.8 Å². The Morgan fingerprint density at radius 2 is 2.26 bits per heavy atom. The minimum absolute atomic E-state index is 0.289. The van der Waals surface area contributed by atoms with E-state index in [0.717, 1.165) is 22.8 Å². The molecule has 0 saturated carbocycles. The summed E-state index contributed by atoms with van der Waals surface area (Å²) in [7, 11) is 0. The first kappa shape index (κ1) is 18.3. The number of rotatable bonds is 4. The Kier molecular flexibility index (Phi) is 5.41. The highest BCUT2D eigenvalue weighted by Crippen LogP contribution is 2.38. The van der Waals surface area contributed by atoms with Crippen LogP contribution in [0.1, 0.15) is 39.2 Å². The van der Waals surface area contributed by atoms with Crippen LogP contribution in [-0.4, -0.2) is 22.5 Å². The molecule has 0 spiro atoms. The maximum absolute atomic E-state index is 13.5. The zero-order chi connectivity index (χ0) is 17.3. The van der Waals surface area contributed by atoms with Crippen molar-refractivity contribution < 1.29 is 13.9 Å². The van der Waals surface area contributed by atoms with Crippen LogP contribution in [0.5, 0.6) is 0 Å². The van der Waals surface area contributed by atoms with Crippen molar-refractivity contribution in [2.24, 2.45) is 10.7 Å². The predicted molar refractivity (Wildman–Crippen MR) is 95.3 cm³/mol. The predicted octanol–water partition coefficient (Wildman–Crippen LogP) is 4.60. The lowest BCUT2D eigenvalue weighted by molar-refractivity contribution is 0.0516. The summed E-state index contributed by atoms with van der Waals surface area (Å²) >= 11 is 4.88. The van der Waals surface area contributed by atoms with E-state index in [9.17, 15) is 9.18 Å². The first-order valence-electron chi connectivity index (χ1n) is 7.27. The molecule has 7 heteroatoms. The van der Waals surface area contributed by atoms with E-state index in [2.05, 4.69) is 15.9 Å². The minimum atomic E-state index is -0.790. The smallest absolute Gasteiger partial charge is 0.405 e. The lowest BCUT2D eigenvalue weighted by Gasteiger charge is -2.33. The number of nitrogens with zero attached hydrogens (tertiary/aromatic N) is 1. The fraction of sp³-hybridized carbons (Fsp3) is 0.500. The molecule has 1 amide bonds. The minimum Gasteiger partial charge on any atom is -0.443 e. The number of aliphatic imine (C=N–C) groups is 1. The zero-order valence-electron chi connectivity index (χ0n) is 13.4. The van der Waals surface area contributed by atoms with E-state index in [1.165, 1.54) is 6.07 Å². The molecular formula is C16H20BrFN2O2S. The van der Waals surface area contributed by atoms with Gasteiger partial charge in [0.2, 0.25) is 0 Å². The number of hydrogen-bond acceptors (Lipinski definition) is 4. The van der Waals surface area contributed by atoms with Crippen LogP contribution in [0, 0.1) is 5.82 Å². The Labute approximate surface area is 148 Å². The molecule has 1 aliphatic rings. The van der Waals surface area contributed by atoms with Gasteiger partial charge < -0.3 is 10.5 Å². The van der Waals surface area contributed by atoms with Crippen molar-refractivity contribution in [1.29, 1.82) is 0 Å². The topological polar surface area (TPSA) is 64.7 Å². The van der Waals surface area contributed by atoms with E-state index >= 15 is 0 Å². The van der Waals surface area contributed by atoms with Gasteiger partial charge in [0.1, 0.15) is 11.4 Å². The van der Waals surface area contributed by atoms with Crippen LogP contribution in [0.2, 0.25) is 0 Å². The van der Waals surface area contributed by atoms with Gasteiger partial charge in [-0.25, -0.2) is 9.18 Å². The molecule has 0 saturated heterocycles. The third-order valence-corrected chi connectivity index (χ3v) is 5.31. The molecule has 1 heterocycles. The fourth-order valence-corrected chi connectivity index (χ4v) is 4.36. The summed E-state index contributed by atoms with van der Waals surface area (Å²) in [5.41, 5.74) is 4.94. The number of hydrogen-bond donors (Lipinski definition) is 1. The molecule has 0 bridgehead atoms. The number of carbonyl (C=O) groups is 1. The van der Waals surface area contributed by atoms with E-state index in [-0.39, 0.29) is 5.82 Å². The summed E-state index contributed by atoms with van der Waals surface area (Å²) < 4.78 is 19.0. The summed E-state index contributed by atoms with van der Waals surface area (Å²) in [6.07, 6.45) is 0.566. The van der Waals surface area contributed by atoms with E-state index in [1.54, 1.807) is 37.7 Å². The molecule has 2 rings (SSSR count). The number of carbonyl (C=O) groups excluding carboxylic acids is 1. The number of nitrogens with two attached hydrogens (primary N) is 1. The summed E-state index contributed by atoms with van der Waals surface area (Å²) in [5, 5.41) is 0.908. The quantitative estimate of drug-likeness (QED) is 0.799. The van der Waals surface area contributed by atoms with Crippen molar-refractivity contribution in [3.8, 4) is 0 Å². The molecule has 1 aromatic carbocycles. The SMILES string of the molecule is CC(C)(CC1=N[C@](C)(c2ccc(F)c(Br)c2)CCS1)OC(N)=O. The van der Waals surface area contributed by atoms with Crippen molar-refractivity contribution in [3.05, 3.63) is 34.1 Å². The van der Waals surface area contributed by atoms with E-state index in [1.807, 2.05) is 6.92 Å². The molecule has 2 N–H and O–H groups in total. The van der Waals surface area contributed by atoms with E-state index in [4.69, 9.17) is 15.5 Å². The zero-order valence-corrected chi connectivity index (χ0v) is 15.8. The number of benzene rings is 1. The number of thioether (sulfide) groups is 1. The molecule has 0 unspecified atom stereocenters. The maximum atomic E-state index is 13.5. The highest BCUT2D eigenvalue weighted by Gasteiger charge is 2.33. The number of amides is 1. The van der Waals surface area contributed by atoms with Crippen LogP contribution in [0.25, 0.3) is 0 Å². The van der Waals surface area contributed by atoms with Gasteiger partial charge in [0.05, 0.1) is 15.1 Å². The molecule has 126 valence electrons. The van der Waals surface area contributed by atoms with Gasteiger partial charge in [0.25, 0.3) is 0 Å². The van der Waals surface area contributed by atoms with E-state index in [0.29, 0.717) is 10.9 Å². The van der Waals surface area contributed by atoms with Crippen LogP contribution in [0.15, 0.2) is 27.7 Å². The Morgan fingerprint density at radius 1 is 1.57 bits per heavy atom. The van der Waals surface area contributed by atoms with Gasteiger partial charge in [-0.2, -0.15) is 0 Å². The van der Waals surface area contributed by atoms with Gasteiger partial charge in [-0.15, -0.1) is 11.8 Å². The van der Waals surface area contributed by atoms with Crippen LogP contribution < -0.4 is 5.73 Å². The van der Waals surface area contributed by atoms with Gasteiger partial charge >= 0.3 is 6.09 Å². The monoisotopic (exact) mass is 402 g/mol. The third kappa shape index (κ3) is 4.70. The van der Waals surface area contributed by atoms with Gasteiger partial charge in [0, 0.05) is 12.2 Å². The van der Waals surface area contributed by atoms with Crippen molar-refractivity contribution in [1.82, 2.24) is 0 Å². The maximum Gasteiger partial charge on any atom is 0.405 e. The van der Waals surface area contributed by atoms with Gasteiger partial charge in [-0.1, -0.05) is 6.07 Å². The van der Waals surface area contributed by atoms with Crippen LogP contribution in [0.3, 0.4) is 0 Å². The third-order valence-electron chi connectivity index (χ3n) is 3.72. The number of halogens is 2. The van der Waals surface area contributed by atoms with Crippen molar-refractivity contribution in [2.75, 3.05) is 5.75 Å². The highest BCUT2D eigenvalue weighted by molar-refractivity contribution is 9.10. The second-order valence-electron chi connectivity index (χ2n) is 6.36. The standard InChI is InChI=1S/C16H20BrFN2O2S/c1-15(2,22-14(19)21)9-13-20-16(3,6-7-23-13)10-4-5-12(18)11(17)8-10/h4-5,8H,6-7,9H2,1-3H3,(H2,19,21)/t16-/m0/s1.